The standard InChI is InChI=1S/C16H24O/c17-16(13-4-2-1-3-5-13)14-7-11-6-12(9-14)10-15(16)8-11/h4,11-12,14-15,17H,1-3,5-10H2. The maximum Gasteiger partial charge on any atom is 0.0913 e. The third-order valence-corrected chi connectivity index (χ3v) is 6.19. The summed E-state index contributed by atoms with van der Waals surface area (Å²) in [5.74, 6) is 3.15. The van der Waals surface area contributed by atoms with Crippen LogP contribution in [0.1, 0.15) is 57.8 Å². The third kappa shape index (κ3) is 1.41. The summed E-state index contributed by atoms with van der Waals surface area (Å²) in [6, 6.07) is 0. The first-order chi connectivity index (χ1) is 8.27. The molecule has 0 aliphatic heterocycles. The highest BCUT2D eigenvalue weighted by molar-refractivity contribution is 5.26. The molecule has 0 atom stereocenters. The fourth-order valence-electron chi connectivity index (χ4n) is 5.63. The second-order valence-corrected chi connectivity index (χ2v) is 7.10. The quantitative estimate of drug-likeness (QED) is 0.684. The Morgan fingerprint density at radius 1 is 0.941 bits per heavy atom. The van der Waals surface area contributed by atoms with Gasteiger partial charge in [0, 0.05) is 0 Å². The predicted octanol–water partition coefficient (Wildman–Crippen LogP) is 3.67. The van der Waals surface area contributed by atoms with E-state index in [2.05, 4.69) is 6.08 Å². The first-order valence-electron chi connectivity index (χ1n) is 7.68. The van der Waals surface area contributed by atoms with E-state index in [1.165, 1.54) is 63.4 Å². The van der Waals surface area contributed by atoms with Gasteiger partial charge >= 0.3 is 0 Å². The van der Waals surface area contributed by atoms with Crippen molar-refractivity contribution in [1.82, 2.24) is 0 Å². The molecule has 17 heavy (non-hydrogen) atoms. The van der Waals surface area contributed by atoms with Crippen molar-refractivity contribution < 1.29 is 5.11 Å². The van der Waals surface area contributed by atoms with Crippen LogP contribution in [0.3, 0.4) is 0 Å². The minimum Gasteiger partial charge on any atom is -0.385 e. The van der Waals surface area contributed by atoms with Crippen molar-refractivity contribution in [2.75, 3.05) is 0 Å². The van der Waals surface area contributed by atoms with Gasteiger partial charge in [0.1, 0.15) is 0 Å². The Balaban J connectivity index is 1.70. The lowest BCUT2D eigenvalue weighted by Crippen LogP contribution is -2.58. The zero-order valence-electron chi connectivity index (χ0n) is 10.7. The van der Waals surface area contributed by atoms with Gasteiger partial charge in [-0.2, -0.15) is 0 Å². The summed E-state index contributed by atoms with van der Waals surface area (Å²) < 4.78 is 0. The van der Waals surface area contributed by atoms with Crippen LogP contribution in [0.5, 0.6) is 0 Å². The molecule has 0 heterocycles. The molecule has 0 aromatic carbocycles. The van der Waals surface area contributed by atoms with Gasteiger partial charge in [-0.25, -0.2) is 0 Å². The maximum atomic E-state index is 11.3. The third-order valence-electron chi connectivity index (χ3n) is 6.19. The summed E-state index contributed by atoms with van der Waals surface area (Å²) in [5, 5.41) is 11.3. The van der Waals surface area contributed by atoms with Gasteiger partial charge in [0.25, 0.3) is 0 Å². The maximum absolute atomic E-state index is 11.3. The van der Waals surface area contributed by atoms with Gasteiger partial charge in [-0.15, -0.1) is 0 Å². The number of aliphatic hydroxyl groups is 1. The van der Waals surface area contributed by atoms with Gasteiger partial charge in [-0.3, -0.25) is 0 Å². The van der Waals surface area contributed by atoms with Crippen molar-refractivity contribution in [2.45, 2.75) is 63.4 Å². The van der Waals surface area contributed by atoms with Crippen molar-refractivity contribution >= 4 is 0 Å². The lowest BCUT2D eigenvalue weighted by atomic mass is 9.48. The van der Waals surface area contributed by atoms with E-state index < -0.39 is 0 Å². The van der Waals surface area contributed by atoms with Crippen molar-refractivity contribution in [3.8, 4) is 0 Å². The molecule has 0 unspecified atom stereocenters. The molecule has 1 nitrogen and oxygen atoms in total. The van der Waals surface area contributed by atoms with E-state index in [-0.39, 0.29) is 5.60 Å². The van der Waals surface area contributed by atoms with Gasteiger partial charge < -0.3 is 5.11 Å². The van der Waals surface area contributed by atoms with E-state index in [1.54, 1.807) is 0 Å². The van der Waals surface area contributed by atoms with Crippen LogP contribution in [0.4, 0.5) is 0 Å². The van der Waals surface area contributed by atoms with Crippen LogP contribution >= 0.6 is 0 Å². The van der Waals surface area contributed by atoms with E-state index in [1.807, 2.05) is 0 Å². The second kappa shape index (κ2) is 3.60. The van der Waals surface area contributed by atoms with Crippen molar-refractivity contribution in [3.05, 3.63) is 11.6 Å². The molecule has 4 fully saturated rings. The summed E-state index contributed by atoms with van der Waals surface area (Å²) in [7, 11) is 0. The van der Waals surface area contributed by atoms with Crippen LogP contribution < -0.4 is 0 Å². The molecule has 5 aliphatic carbocycles. The summed E-state index contributed by atoms with van der Waals surface area (Å²) in [5.41, 5.74) is 1.07. The normalized spacial score (nSPS) is 52.6. The van der Waals surface area contributed by atoms with Gasteiger partial charge in [0.2, 0.25) is 0 Å². The molecule has 1 heteroatoms. The summed E-state index contributed by atoms with van der Waals surface area (Å²) >= 11 is 0. The van der Waals surface area contributed by atoms with E-state index in [0.717, 1.165) is 11.8 Å². The molecule has 0 aromatic rings. The minimum atomic E-state index is -0.367. The molecular formula is C16H24O. The highest BCUT2D eigenvalue weighted by atomic mass is 16.3. The van der Waals surface area contributed by atoms with Crippen LogP contribution in [0, 0.1) is 23.7 Å². The van der Waals surface area contributed by atoms with Gasteiger partial charge in [0.05, 0.1) is 5.60 Å². The Labute approximate surface area is 104 Å². The van der Waals surface area contributed by atoms with Crippen LogP contribution in [-0.2, 0) is 0 Å². The average Bonchev–Trinajstić information content (AvgIpc) is 2.36. The number of hydrogen-bond donors (Lipinski definition) is 1. The molecule has 0 spiro atoms. The Morgan fingerprint density at radius 3 is 2.12 bits per heavy atom. The fraction of sp³-hybridized carbons (Fsp3) is 0.875. The Hall–Kier alpha value is -0.300. The van der Waals surface area contributed by atoms with Crippen LogP contribution in [0.25, 0.3) is 0 Å². The lowest BCUT2D eigenvalue weighted by Gasteiger charge is -2.60. The first kappa shape index (κ1) is 10.6. The predicted molar refractivity (Wildman–Crippen MR) is 68.5 cm³/mol. The molecule has 1 N–H and O–H groups in total. The summed E-state index contributed by atoms with van der Waals surface area (Å²) in [6.07, 6.45) is 14.2. The SMILES string of the molecule is OC1(C2=CCCCC2)C2CC3CC(C2)CC1C3. The molecule has 4 bridgehead atoms. The zero-order chi connectivity index (χ0) is 11.5. The highest BCUT2D eigenvalue weighted by Gasteiger charge is 2.57. The topological polar surface area (TPSA) is 20.2 Å². The van der Waals surface area contributed by atoms with E-state index in [4.69, 9.17) is 0 Å². The van der Waals surface area contributed by atoms with Crippen LogP contribution in [0.2, 0.25) is 0 Å². The molecule has 94 valence electrons. The van der Waals surface area contributed by atoms with Gasteiger partial charge in [0.15, 0.2) is 0 Å². The number of hydrogen-bond acceptors (Lipinski definition) is 1. The first-order valence-corrected chi connectivity index (χ1v) is 7.68. The van der Waals surface area contributed by atoms with E-state index in [9.17, 15) is 5.11 Å². The molecule has 0 radical (unpaired) electrons. The van der Waals surface area contributed by atoms with Crippen LogP contribution in [0.15, 0.2) is 11.6 Å². The summed E-state index contributed by atoms with van der Waals surface area (Å²) in [6.45, 7) is 0. The minimum absolute atomic E-state index is 0.367. The van der Waals surface area contributed by atoms with Crippen LogP contribution in [-0.4, -0.2) is 10.7 Å². The monoisotopic (exact) mass is 232 g/mol. The van der Waals surface area contributed by atoms with Crippen molar-refractivity contribution in [3.63, 3.8) is 0 Å². The smallest absolute Gasteiger partial charge is 0.0913 e. The molecular weight excluding hydrogens is 208 g/mol. The largest absolute Gasteiger partial charge is 0.385 e. The van der Waals surface area contributed by atoms with Gasteiger partial charge in [-0.05, 0) is 87.0 Å². The van der Waals surface area contributed by atoms with Crippen molar-refractivity contribution in [2.24, 2.45) is 23.7 Å². The summed E-state index contributed by atoms with van der Waals surface area (Å²) in [4.78, 5) is 0. The number of rotatable bonds is 1. The van der Waals surface area contributed by atoms with E-state index in [0.29, 0.717) is 11.8 Å². The molecule has 4 saturated carbocycles. The Kier molecular flexibility index (Phi) is 2.25. The average molecular weight is 232 g/mol. The molecule has 0 amide bonds. The molecule has 5 rings (SSSR count). The molecule has 0 aromatic heterocycles. The number of allylic oxidation sites excluding steroid dienone is 1. The molecule has 0 saturated heterocycles. The Morgan fingerprint density at radius 2 is 1.59 bits per heavy atom. The van der Waals surface area contributed by atoms with E-state index >= 15 is 0 Å². The Bertz CT molecular complexity index is 327. The van der Waals surface area contributed by atoms with Gasteiger partial charge in [-0.1, -0.05) is 6.08 Å². The zero-order valence-corrected chi connectivity index (χ0v) is 10.7. The lowest BCUT2D eigenvalue weighted by molar-refractivity contribution is -0.151. The second-order valence-electron chi connectivity index (χ2n) is 7.10. The fourth-order valence-corrected chi connectivity index (χ4v) is 5.63. The highest BCUT2D eigenvalue weighted by Crippen LogP contribution is 2.61. The van der Waals surface area contributed by atoms with Crippen molar-refractivity contribution in [1.29, 1.82) is 0 Å². The molecule has 5 aliphatic rings.